The molecule has 0 saturated heterocycles. The van der Waals surface area contributed by atoms with E-state index in [1.165, 1.54) is 17.0 Å². The second-order valence-corrected chi connectivity index (χ2v) is 8.97. The van der Waals surface area contributed by atoms with Crippen molar-refractivity contribution in [3.05, 3.63) is 108 Å². The van der Waals surface area contributed by atoms with Gasteiger partial charge in [0.1, 0.15) is 12.4 Å². The topological polar surface area (TPSA) is 56.4 Å². The van der Waals surface area contributed by atoms with Crippen molar-refractivity contribution in [2.24, 2.45) is 0 Å². The maximum atomic E-state index is 14.4. The maximum Gasteiger partial charge on any atom is 0.257 e. The van der Waals surface area contributed by atoms with E-state index in [4.69, 9.17) is 0 Å². The van der Waals surface area contributed by atoms with E-state index in [1.54, 1.807) is 17.0 Å². The van der Waals surface area contributed by atoms with E-state index in [9.17, 15) is 14.0 Å². The highest BCUT2D eigenvalue weighted by molar-refractivity contribution is 5.96. The highest BCUT2D eigenvalue weighted by Crippen LogP contribution is 2.19. The molecule has 0 spiro atoms. The molecule has 1 heterocycles. The van der Waals surface area contributed by atoms with E-state index in [2.05, 4.69) is 11.1 Å². The largest absolute Gasteiger partial charge is 0.361 e. The summed E-state index contributed by atoms with van der Waals surface area (Å²) in [5.41, 5.74) is 3.22. The molecule has 2 amide bonds. The summed E-state index contributed by atoms with van der Waals surface area (Å²) in [4.78, 5) is 33.4. The number of fused-ring (bicyclic) bond motifs is 1. The number of hydrogen-bond donors (Lipinski definition) is 1. The molecule has 1 N–H and O–H groups in total. The van der Waals surface area contributed by atoms with Gasteiger partial charge in [-0.25, -0.2) is 4.39 Å². The van der Waals surface area contributed by atoms with Gasteiger partial charge in [0.2, 0.25) is 5.91 Å². The van der Waals surface area contributed by atoms with Crippen LogP contribution < -0.4 is 0 Å². The third-order valence-corrected chi connectivity index (χ3v) is 6.39. The molecule has 0 aliphatic rings. The first-order chi connectivity index (χ1) is 17.6. The number of aromatic nitrogens is 1. The van der Waals surface area contributed by atoms with Crippen LogP contribution in [0, 0.1) is 5.82 Å². The molecule has 0 radical (unpaired) electrons. The number of rotatable bonds is 11. The Morgan fingerprint density at radius 3 is 2.36 bits per heavy atom. The Bertz CT molecular complexity index is 1300. The van der Waals surface area contributed by atoms with Gasteiger partial charge >= 0.3 is 0 Å². The second kappa shape index (κ2) is 12.2. The lowest BCUT2D eigenvalue weighted by molar-refractivity contribution is -0.132. The van der Waals surface area contributed by atoms with Crippen LogP contribution in [0.2, 0.25) is 0 Å². The van der Waals surface area contributed by atoms with E-state index in [-0.39, 0.29) is 18.0 Å². The van der Waals surface area contributed by atoms with Gasteiger partial charge in [-0.2, -0.15) is 0 Å². The molecule has 0 aliphatic carbocycles. The van der Waals surface area contributed by atoms with Crippen molar-refractivity contribution in [2.75, 3.05) is 19.6 Å². The van der Waals surface area contributed by atoms with Crippen LogP contribution in [0.3, 0.4) is 0 Å². The van der Waals surface area contributed by atoms with Gasteiger partial charge in [0.15, 0.2) is 0 Å². The van der Waals surface area contributed by atoms with Crippen molar-refractivity contribution in [1.82, 2.24) is 14.8 Å². The normalized spacial score (nSPS) is 10.9. The van der Waals surface area contributed by atoms with Crippen LogP contribution >= 0.6 is 0 Å². The first-order valence-electron chi connectivity index (χ1n) is 12.5. The molecule has 0 fully saturated rings. The zero-order valence-corrected chi connectivity index (χ0v) is 20.6. The van der Waals surface area contributed by atoms with Crippen LogP contribution in [-0.2, 0) is 17.8 Å². The van der Waals surface area contributed by atoms with Crippen molar-refractivity contribution in [3.8, 4) is 0 Å². The SMILES string of the molecule is CCCCN(CC(=O)N(CCc1c[nH]c2ccccc12)Cc1ccccc1)C(=O)c1ccccc1F. The van der Waals surface area contributed by atoms with Crippen LogP contribution in [0.4, 0.5) is 4.39 Å². The molecule has 0 saturated carbocycles. The number of halogens is 1. The summed E-state index contributed by atoms with van der Waals surface area (Å²) in [6, 6.07) is 23.9. The van der Waals surface area contributed by atoms with Crippen molar-refractivity contribution < 1.29 is 14.0 Å². The number of benzene rings is 3. The predicted octanol–water partition coefficient (Wildman–Crippen LogP) is 5.82. The number of amides is 2. The Morgan fingerprint density at radius 2 is 1.58 bits per heavy atom. The number of aromatic amines is 1. The monoisotopic (exact) mass is 485 g/mol. The Kier molecular flexibility index (Phi) is 8.50. The molecule has 0 atom stereocenters. The number of nitrogens with one attached hydrogen (secondary N) is 1. The zero-order valence-electron chi connectivity index (χ0n) is 20.6. The van der Waals surface area contributed by atoms with Crippen molar-refractivity contribution in [1.29, 1.82) is 0 Å². The van der Waals surface area contributed by atoms with Gasteiger partial charge in [-0.1, -0.05) is 74.0 Å². The van der Waals surface area contributed by atoms with E-state index in [0.717, 1.165) is 34.9 Å². The van der Waals surface area contributed by atoms with Crippen molar-refractivity contribution >= 4 is 22.7 Å². The molecule has 0 bridgehead atoms. The number of carbonyl (C=O) groups excluding carboxylic acids is 2. The summed E-state index contributed by atoms with van der Waals surface area (Å²) in [6.45, 7) is 3.28. The third-order valence-electron chi connectivity index (χ3n) is 6.39. The van der Waals surface area contributed by atoms with Crippen LogP contribution in [-0.4, -0.2) is 46.2 Å². The van der Waals surface area contributed by atoms with Crippen LogP contribution in [0.5, 0.6) is 0 Å². The fourth-order valence-corrected chi connectivity index (χ4v) is 4.36. The van der Waals surface area contributed by atoms with E-state index >= 15 is 0 Å². The fourth-order valence-electron chi connectivity index (χ4n) is 4.36. The maximum absolute atomic E-state index is 14.4. The number of para-hydroxylation sites is 1. The molecule has 4 aromatic rings. The van der Waals surface area contributed by atoms with E-state index in [0.29, 0.717) is 26.1 Å². The first kappa shape index (κ1) is 25.2. The van der Waals surface area contributed by atoms with Gasteiger partial charge in [-0.05, 0) is 42.2 Å². The van der Waals surface area contributed by atoms with Crippen LogP contribution in [0.1, 0.15) is 41.3 Å². The zero-order chi connectivity index (χ0) is 25.3. The summed E-state index contributed by atoms with van der Waals surface area (Å²) in [5, 5.41) is 1.14. The van der Waals surface area contributed by atoms with Crippen LogP contribution in [0.25, 0.3) is 10.9 Å². The summed E-state index contributed by atoms with van der Waals surface area (Å²) >= 11 is 0. The van der Waals surface area contributed by atoms with Crippen LogP contribution in [0.15, 0.2) is 85.1 Å². The van der Waals surface area contributed by atoms with Gasteiger partial charge in [0.05, 0.1) is 5.56 Å². The number of hydrogen-bond acceptors (Lipinski definition) is 2. The highest BCUT2D eigenvalue weighted by Gasteiger charge is 2.24. The molecule has 36 heavy (non-hydrogen) atoms. The molecule has 0 aliphatic heterocycles. The quantitative estimate of drug-likeness (QED) is 0.291. The van der Waals surface area contributed by atoms with Gasteiger partial charge in [-0.3, -0.25) is 9.59 Å². The number of H-pyrrole nitrogens is 1. The minimum absolute atomic E-state index is 0.00481. The predicted molar refractivity (Wildman–Crippen MR) is 141 cm³/mol. The standard InChI is InChI=1S/C30H32FN3O2/c1-2-3-18-34(30(36)26-14-7-9-15-27(26)31)22-29(35)33(21-23-11-5-4-6-12-23)19-17-24-20-32-28-16-10-8-13-25(24)28/h4-16,20,32H,2-3,17-19,21-22H2,1H3. The average molecular weight is 486 g/mol. The smallest absolute Gasteiger partial charge is 0.257 e. The van der Waals surface area contributed by atoms with E-state index in [1.807, 2.05) is 61.7 Å². The number of nitrogens with zero attached hydrogens (tertiary/aromatic N) is 2. The lowest BCUT2D eigenvalue weighted by atomic mass is 10.1. The minimum Gasteiger partial charge on any atom is -0.361 e. The van der Waals surface area contributed by atoms with Crippen molar-refractivity contribution in [3.63, 3.8) is 0 Å². The first-order valence-corrected chi connectivity index (χ1v) is 12.5. The fraction of sp³-hybridized carbons (Fsp3) is 0.267. The van der Waals surface area contributed by atoms with Crippen molar-refractivity contribution in [2.45, 2.75) is 32.7 Å². The Labute approximate surface area is 211 Å². The molecule has 4 rings (SSSR count). The van der Waals surface area contributed by atoms with Gasteiger partial charge in [-0.15, -0.1) is 0 Å². The average Bonchev–Trinajstić information content (AvgIpc) is 3.32. The Hall–Kier alpha value is -3.93. The Morgan fingerprint density at radius 1 is 0.861 bits per heavy atom. The second-order valence-electron chi connectivity index (χ2n) is 8.97. The number of carbonyl (C=O) groups is 2. The Balaban J connectivity index is 1.54. The molecular weight excluding hydrogens is 453 g/mol. The molecule has 6 heteroatoms. The van der Waals surface area contributed by atoms with Gasteiger partial charge in [0.25, 0.3) is 5.91 Å². The summed E-state index contributed by atoms with van der Waals surface area (Å²) < 4.78 is 14.4. The van der Waals surface area contributed by atoms with E-state index < -0.39 is 11.7 Å². The van der Waals surface area contributed by atoms with Gasteiger partial charge < -0.3 is 14.8 Å². The minimum atomic E-state index is -0.572. The summed E-state index contributed by atoms with van der Waals surface area (Å²) in [7, 11) is 0. The molecule has 3 aromatic carbocycles. The molecule has 0 unspecified atom stereocenters. The van der Waals surface area contributed by atoms with Gasteiger partial charge in [0, 0.05) is 36.7 Å². The third kappa shape index (κ3) is 6.19. The molecule has 5 nitrogen and oxygen atoms in total. The molecular formula is C30H32FN3O2. The lowest BCUT2D eigenvalue weighted by Crippen LogP contribution is -2.44. The lowest BCUT2D eigenvalue weighted by Gasteiger charge is -2.28. The molecule has 186 valence electrons. The molecule has 1 aromatic heterocycles. The highest BCUT2D eigenvalue weighted by atomic mass is 19.1. The summed E-state index contributed by atoms with van der Waals surface area (Å²) in [6.07, 6.45) is 4.27. The number of unbranched alkanes of at least 4 members (excludes halogenated alkanes) is 1. The summed E-state index contributed by atoms with van der Waals surface area (Å²) in [5.74, 6) is -1.18.